The Hall–Kier alpha value is -1.29. The van der Waals surface area contributed by atoms with E-state index in [1.165, 1.54) is 37.1 Å². The number of nitrogens with one attached hydrogen (secondary N) is 1. The second-order valence-corrected chi connectivity index (χ2v) is 5.33. The van der Waals surface area contributed by atoms with Crippen LogP contribution in [-0.2, 0) is 4.74 Å². The minimum Gasteiger partial charge on any atom is -0.457 e. The van der Waals surface area contributed by atoms with E-state index < -0.39 is 0 Å². The molecule has 1 aromatic rings. The standard InChI is InChI=1S/C14H21NO3/c1-11-5-7-15(8-6-11)10-12(2)18-14(16)13-4-3-9-17-13/h3-4,9,11-12H,5-8,10H2,1-2H3/p+1/t12-/m1/s1. The second kappa shape index (κ2) is 6.05. The third-order valence-electron chi connectivity index (χ3n) is 3.59. The van der Waals surface area contributed by atoms with Crippen LogP contribution in [0.3, 0.4) is 0 Å². The molecule has 0 spiro atoms. The van der Waals surface area contributed by atoms with E-state index in [1.54, 1.807) is 12.1 Å². The Labute approximate surface area is 108 Å². The fourth-order valence-electron chi connectivity index (χ4n) is 2.46. The molecular weight excluding hydrogens is 230 g/mol. The summed E-state index contributed by atoms with van der Waals surface area (Å²) >= 11 is 0. The summed E-state index contributed by atoms with van der Waals surface area (Å²) in [6.45, 7) is 7.51. The lowest BCUT2D eigenvalue weighted by molar-refractivity contribution is -0.908. The SMILES string of the molecule is CC1CC[NH+](C[C@@H](C)OC(=O)c2ccco2)CC1. The number of rotatable bonds is 4. The Bertz CT molecular complexity index is 366. The van der Waals surface area contributed by atoms with Crippen molar-refractivity contribution in [3.63, 3.8) is 0 Å². The van der Waals surface area contributed by atoms with Gasteiger partial charge in [0.15, 0.2) is 0 Å². The van der Waals surface area contributed by atoms with Gasteiger partial charge in [-0.2, -0.15) is 0 Å². The maximum absolute atomic E-state index is 11.7. The summed E-state index contributed by atoms with van der Waals surface area (Å²) in [6, 6.07) is 3.32. The number of piperidine rings is 1. The number of esters is 1. The molecule has 0 aromatic carbocycles. The quantitative estimate of drug-likeness (QED) is 0.817. The number of ether oxygens (including phenoxy) is 1. The molecule has 4 nitrogen and oxygen atoms in total. The van der Waals surface area contributed by atoms with E-state index in [1.807, 2.05) is 6.92 Å². The molecule has 2 rings (SSSR count). The molecule has 1 fully saturated rings. The van der Waals surface area contributed by atoms with E-state index in [-0.39, 0.29) is 17.8 Å². The van der Waals surface area contributed by atoms with Crippen molar-refractivity contribution in [3.8, 4) is 0 Å². The molecule has 1 N–H and O–H groups in total. The van der Waals surface area contributed by atoms with Crippen LogP contribution in [0.25, 0.3) is 0 Å². The van der Waals surface area contributed by atoms with Crippen molar-refractivity contribution in [2.45, 2.75) is 32.8 Å². The third kappa shape index (κ3) is 3.60. The zero-order valence-electron chi connectivity index (χ0n) is 11.1. The van der Waals surface area contributed by atoms with Crippen LogP contribution in [-0.4, -0.2) is 31.7 Å². The van der Waals surface area contributed by atoms with Crippen molar-refractivity contribution in [2.24, 2.45) is 5.92 Å². The molecule has 2 heterocycles. The van der Waals surface area contributed by atoms with Gasteiger partial charge in [-0.15, -0.1) is 0 Å². The molecule has 0 bridgehead atoms. The number of carbonyl (C=O) groups is 1. The smallest absolute Gasteiger partial charge is 0.374 e. The van der Waals surface area contributed by atoms with E-state index >= 15 is 0 Å². The van der Waals surface area contributed by atoms with Gasteiger partial charge >= 0.3 is 5.97 Å². The van der Waals surface area contributed by atoms with Crippen LogP contribution in [0.15, 0.2) is 22.8 Å². The minimum atomic E-state index is -0.364. The first-order valence-electron chi connectivity index (χ1n) is 6.73. The van der Waals surface area contributed by atoms with Crippen LogP contribution in [0.2, 0.25) is 0 Å². The van der Waals surface area contributed by atoms with Crippen molar-refractivity contribution in [1.29, 1.82) is 0 Å². The highest BCUT2D eigenvalue weighted by Crippen LogP contribution is 2.07. The van der Waals surface area contributed by atoms with E-state index in [0.29, 0.717) is 0 Å². The summed E-state index contributed by atoms with van der Waals surface area (Å²) in [4.78, 5) is 13.2. The number of furan rings is 1. The van der Waals surface area contributed by atoms with Gasteiger partial charge in [0, 0.05) is 0 Å². The highest BCUT2D eigenvalue weighted by atomic mass is 16.6. The summed E-state index contributed by atoms with van der Waals surface area (Å²) in [5.41, 5.74) is 0. The summed E-state index contributed by atoms with van der Waals surface area (Å²) in [5.74, 6) is 0.760. The first-order chi connectivity index (χ1) is 8.65. The maximum atomic E-state index is 11.7. The number of hydrogen-bond acceptors (Lipinski definition) is 3. The van der Waals surface area contributed by atoms with E-state index in [9.17, 15) is 4.79 Å². The lowest BCUT2D eigenvalue weighted by atomic mass is 9.99. The summed E-state index contributed by atoms with van der Waals surface area (Å²) < 4.78 is 10.4. The molecule has 1 atom stereocenters. The van der Waals surface area contributed by atoms with Crippen LogP contribution in [0, 0.1) is 5.92 Å². The van der Waals surface area contributed by atoms with Crippen molar-refractivity contribution in [1.82, 2.24) is 0 Å². The topological polar surface area (TPSA) is 43.9 Å². The van der Waals surface area contributed by atoms with Gasteiger partial charge in [-0.25, -0.2) is 4.79 Å². The molecular formula is C14H22NO3+. The fourth-order valence-corrected chi connectivity index (χ4v) is 2.46. The molecule has 1 aliphatic heterocycles. The summed E-state index contributed by atoms with van der Waals surface area (Å²) in [6.07, 6.45) is 3.96. The molecule has 0 aliphatic carbocycles. The highest BCUT2D eigenvalue weighted by Gasteiger charge is 2.23. The zero-order chi connectivity index (χ0) is 13.0. The fraction of sp³-hybridized carbons (Fsp3) is 0.643. The Kier molecular flexibility index (Phi) is 4.42. The van der Waals surface area contributed by atoms with Gasteiger partial charge in [0.05, 0.1) is 19.4 Å². The van der Waals surface area contributed by atoms with E-state index in [0.717, 1.165) is 12.5 Å². The van der Waals surface area contributed by atoms with E-state index in [4.69, 9.17) is 9.15 Å². The lowest BCUT2D eigenvalue weighted by Gasteiger charge is -2.28. The zero-order valence-corrected chi connectivity index (χ0v) is 11.1. The van der Waals surface area contributed by atoms with Gasteiger partial charge < -0.3 is 14.1 Å². The molecule has 0 unspecified atom stereocenters. The van der Waals surface area contributed by atoms with Crippen molar-refractivity contribution in [2.75, 3.05) is 19.6 Å². The number of likely N-dealkylation sites (tertiary alicyclic amines) is 1. The number of quaternary nitrogens is 1. The van der Waals surface area contributed by atoms with Crippen LogP contribution in [0.1, 0.15) is 37.2 Å². The van der Waals surface area contributed by atoms with Crippen LogP contribution in [0.4, 0.5) is 0 Å². The van der Waals surface area contributed by atoms with Crippen LogP contribution in [0.5, 0.6) is 0 Å². The normalized spacial score (nSPS) is 25.7. The van der Waals surface area contributed by atoms with Crippen molar-refractivity contribution in [3.05, 3.63) is 24.2 Å². The third-order valence-corrected chi connectivity index (χ3v) is 3.59. The molecule has 0 saturated carbocycles. The molecule has 1 aliphatic rings. The Morgan fingerprint density at radius 1 is 1.56 bits per heavy atom. The number of hydrogen-bond donors (Lipinski definition) is 1. The van der Waals surface area contributed by atoms with Gasteiger partial charge in [0.25, 0.3) is 0 Å². The summed E-state index contributed by atoms with van der Waals surface area (Å²) in [5, 5.41) is 0. The van der Waals surface area contributed by atoms with Gasteiger partial charge in [-0.3, -0.25) is 0 Å². The molecule has 18 heavy (non-hydrogen) atoms. The monoisotopic (exact) mass is 252 g/mol. The first-order valence-corrected chi connectivity index (χ1v) is 6.73. The van der Waals surface area contributed by atoms with Crippen LogP contribution >= 0.6 is 0 Å². The Morgan fingerprint density at radius 2 is 2.28 bits per heavy atom. The Morgan fingerprint density at radius 3 is 2.89 bits per heavy atom. The van der Waals surface area contributed by atoms with E-state index in [2.05, 4.69) is 6.92 Å². The molecule has 1 saturated heterocycles. The van der Waals surface area contributed by atoms with Crippen molar-refractivity contribution < 1.29 is 18.8 Å². The molecule has 1 aromatic heterocycles. The van der Waals surface area contributed by atoms with Gasteiger partial charge in [0.1, 0.15) is 12.6 Å². The predicted molar refractivity (Wildman–Crippen MR) is 67.5 cm³/mol. The second-order valence-electron chi connectivity index (χ2n) is 5.33. The molecule has 4 heteroatoms. The highest BCUT2D eigenvalue weighted by molar-refractivity contribution is 5.86. The van der Waals surface area contributed by atoms with Crippen molar-refractivity contribution >= 4 is 5.97 Å². The Balaban J connectivity index is 1.75. The van der Waals surface area contributed by atoms with Gasteiger partial charge in [0.2, 0.25) is 5.76 Å². The molecule has 0 radical (unpaired) electrons. The molecule has 0 amide bonds. The lowest BCUT2D eigenvalue weighted by Crippen LogP contribution is -3.14. The number of carbonyl (C=O) groups excluding carboxylic acids is 1. The molecule has 100 valence electrons. The largest absolute Gasteiger partial charge is 0.457 e. The van der Waals surface area contributed by atoms with Gasteiger partial charge in [-0.05, 0) is 37.8 Å². The van der Waals surface area contributed by atoms with Crippen LogP contribution < -0.4 is 4.90 Å². The maximum Gasteiger partial charge on any atom is 0.374 e. The van der Waals surface area contributed by atoms with Gasteiger partial charge in [-0.1, -0.05) is 6.92 Å². The first kappa shape index (κ1) is 13.1. The predicted octanol–water partition coefficient (Wildman–Crippen LogP) is 1.14. The summed E-state index contributed by atoms with van der Waals surface area (Å²) in [7, 11) is 0. The average Bonchev–Trinajstić information content (AvgIpc) is 2.85. The minimum absolute atomic E-state index is 0.0639. The average molecular weight is 252 g/mol.